The third kappa shape index (κ3) is 1.92. The lowest BCUT2D eigenvalue weighted by atomic mass is 9.90. The zero-order valence-electron chi connectivity index (χ0n) is 9.90. The van der Waals surface area contributed by atoms with Gasteiger partial charge in [-0.15, -0.1) is 0 Å². The molecular weight excluding hydrogens is 222 g/mol. The topological polar surface area (TPSA) is 70.8 Å². The molecule has 1 aliphatic rings. The summed E-state index contributed by atoms with van der Waals surface area (Å²) in [6.07, 6.45) is 1.95. The van der Waals surface area contributed by atoms with Gasteiger partial charge >= 0.3 is 5.97 Å². The number of carboxylic acid groups (broad SMARTS) is 1. The third-order valence-corrected chi connectivity index (χ3v) is 3.33. The number of nitrogens with zero attached hydrogens (tertiary/aromatic N) is 1. The second-order valence-corrected chi connectivity index (χ2v) is 4.78. The number of carbonyl (C=O) groups is 2. The second kappa shape index (κ2) is 3.91. The van der Waals surface area contributed by atoms with Gasteiger partial charge in [0.1, 0.15) is 0 Å². The van der Waals surface area contributed by atoms with Crippen LogP contribution in [0.15, 0.2) is 16.7 Å². The predicted molar refractivity (Wildman–Crippen MR) is 59.7 cm³/mol. The molecule has 0 radical (unpaired) electrons. The zero-order valence-corrected chi connectivity index (χ0v) is 9.90. The Bertz CT molecular complexity index is 465. The lowest BCUT2D eigenvalue weighted by Gasteiger charge is -2.19. The first-order chi connectivity index (χ1) is 7.94. The van der Waals surface area contributed by atoms with Crippen LogP contribution >= 0.6 is 0 Å². The Morgan fingerprint density at radius 1 is 1.53 bits per heavy atom. The lowest BCUT2D eigenvalue weighted by molar-refractivity contribution is -0.147. The average Bonchev–Trinajstić information content (AvgIpc) is 2.85. The highest BCUT2D eigenvalue weighted by Crippen LogP contribution is 2.31. The van der Waals surface area contributed by atoms with E-state index in [9.17, 15) is 9.59 Å². The number of aliphatic carboxylic acids is 1. The monoisotopic (exact) mass is 237 g/mol. The Morgan fingerprint density at radius 2 is 2.24 bits per heavy atom. The molecule has 5 nitrogen and oxygen atoms in total. The SMILES string of the molecule is Cc1ccoc1C(=O)N1CCC(C)(C(=O)O)C1. The van der Waals surface area contributed by atoms with Crippen molar-refractivity contribution in [3.05, 3.63) is 23.7 Å². The van der Waals surface area contributed by atoms with E-state index in [1.807, 2.05) is 0 Å². The summed E-state index contributed by atoms with van der Waals surface area (Å²) < 4.78 is 5.13. The molecule has 1 fully saturated rings. The molecule has 1 atom stereocenters. The van der Waals surface area contributed by atoms with Crippen molar-refractivity contribution in [2.45, 2.75) is 20.3 Å². The number of carbonyl (C=O) groups excluding carboxylic acids is 1. The molecule has 0 bridgehead atoms. The fourth-order valence-corrected chi connectivity index (χ4v) is 2.04. The largest absolute Gasteiger partial charge is 0.481 e. The molecule has 1 saturated heterocycles. The van der Waals surface area contributed by atoms with Crippen LogP contribution in [0, 0.1) is 12.3 Å². The zero-order chi connectivity index (χ0) is 12.6. The number of amides is 1. The van der Waals surface area contributed by atoms with E-state index in [0.717, 1.165) is 5.56 Å². The van der Waals surface area contributed by atoms with Crippen molar-refractivity contribution in [1.29, 1.82) is 0 Å². The Kier molecular flexibility index (Phi) is 2.69. The van der Waals surface area contributed by atoms with Crippen molar-refractivity contribution < 1.29 is 19.1 Å². The van der Waals surface area contributed by atoms with Crippen LogP contribution in [-0.2, 0) is 4.79 Å². The van der Waals surface area contributed by atoms with E-state index in [1.54, 1.807) is 24.8 Å². The first-order valence-corrected chi connectivity index (χ1v) is 5.51. The van der Waals surface area contributed by atoms with Gasteiger partial charge in [-0.1, -0.05) is 0 Å². The highest BCUT2D eigenvalue weighted by Gasteiger charge is 2.42. The number of hydrogen-bond donors (Lipinski definition) is 1. The van der Waals surface area contributed by atoms with Crippen LogP contribution in [0.3, 0.4) is 0 Å². The first-order valence-electron chi connectivity index (χ1n) is 5.51. The lowest BCUT2D eigenvalue weighted by Crippen LogP contribution is -2.34. The van der Waals surface area contributed by atoms with Gasteiger partial charge in [0.2, 0.25) is 0 Å². The van der Waals surface area contributed by atoms with Crippen molar-refractivity contribution in [3.63, 3.8) is 0 Å². The van der Waals surface area contributed by atoms with Gasteiger partial charge in [-0.25, -0.2) is 0 Å². The van der Waals surface area contributed by atoms with Gasteiger partial charge in [0, 0.05) is 18.7 Å². The fraction of sp³-hybridized carbons (Fsp3) is 0.500. The van der Waals surface area contributed by atoms with Gasteiger partial charge in [0.15, 0.2) is 5.76 Å². The van der Waals surface area contributed by atoms with E-state index >= 15 is 0 Å². The number of furan rings is 1. The van der Waals surface area contributed by atoms with Crippen molar-refractivity contribution in [2.24, 2.45) is 5.41 Å². The summed E-state index contributed by atoms with van der Waals surface area (Å²) in [5.41, 5.74) is -0.0604. The van der Waals surface area contributed by atoms with Crippen LogP contribution in [0.1, 0.15) is 29.5 Å². The maximum Gasteiger partial charge on any atom is 0.311 e. The van der Waals surface area contributed by atoms with Crippen LogP contribution in [0.5, 0.6) is 0 Å². The van der Waals surface area contributed by atoms with E-state index in [0.29, 0.717) is 18.7 Å². The van der Waals surface area contributed by atoms with Gasteiger partial charge in [-0.3, -0.25) is 9.59 Å². The molecule has 0 spiro atoms. The minimum absolute atomic E-state index is 0.225. The first kappa shape index (κ1) is 11.7. The summed E-state index contributed by atoms with van der Waals surface area (Å²) in [6.45, 7) is 4.16. The molecule has 1 unspecified atom stereocenters. The Balaban J connectivity index is 2.15. The average molecular weight is 237 g/mol. The van der Waals surface area contributed by atoms with Crippen molar-refractivity contribution in [3.8, 4) is 0 Å². The summed E-state index contributed by atoms with van der Waals surface area (Å²) in [6, 6.07) is 1.72. The van der Waals surface area contributed by atoms with Crippen molar-refractivity contribution >= 4 is 11.9 Å². The van der Waals surface area contributed by atoms with Gasteiger partial charge in [0.05, 0.1) is 11.7 Å². The standard InChI is InChI=1S/C12H15NO4/c1-8-3-6-17-9(8)10(14)13-5-4-12(2,7-13)11(15)16/h3,6H,4-5,7H2,1-2H3,(H,15,16). The van der Waals surface area contributed by atoms with E-state index in [-0.39, 0.29) is 12.5 Å². The van der Waals surface area contributed by atoms with Crippen LogP contribution in [-0.4, -0.2) is 35.0 Å². The molecule has 5 heteroatoms. The number of rotatable bonds is 2. The summed E-state index contributed by atoms with van der Waals surface area (Å²) in [5, 5.41) is 9.10. The highest BCUT2D eigenvalue weighted by molar-refractivity contribution is 5.93. The fourth-order valence-electron chi connectivity index (χ4n) is 2.04. The molecule has 0 saturated carbocycles. The second-order valence-electron chi connectivity index (χ2n) is 4.78. The molecule has 0 aromatic carbocycles. The van der Waals surface area contributed by atoms with Crippen molar-refractivity contribution in [1.82, 2.24) is 4.90 Å². The number of hydrogen-bond acceptors (Lipinski definition) is 3. The Hall–Kier alpha value is -1.78. The number of aryl methyl sites for hydroxylation is 1. The molecular formula is C12H15NO4. The number of likely N-dealkylation sites (tertiary alicyclic amines) is 1. The molecule has 1 N–H and O–H groups in total. The van der Waals surface area contributed by atoms with Gasteiger partial charge in [0.25, 0.3) is 5.91 Å². The summed E-state index contributed by atoms with van der Waals surface area (Å²) >= 11 is 0. The molecule has 92 valence electrons. The van der Waals surface area contributed by atoms with E-state index < -0.39 is 11.4 Å². The van der Waals surface area contributed by atoms with Crippen LogP contribution in [0.2, 0.25) is 0 Å². The van der Waals surface area contributed by atoms with Crippen LogP contribution in [0.4, 0.5) is 0 Å². The van der Waals surface area contributed by atoms with Gasteiger partial charge < -0.3 is 14.4 Å². The van der Waals surface area contributed by atoms with E-state index in [4.69, 9.17) is 9.52 Å². The quantitative estimate of drug-likeness (QED) is 0.846. The molecule has 1 aliphatic heterocycles. The van der Waals surface area contributed by atoms with E-state index in [1.165, 1.54) is 6.26 Å². The highest BCUT2D eigenvalue weighted by atomic mass is 16.4. The minimum atomic E-state index is -0.857. The van der Waals surface area contributed by atoms with Gasteiger partial charge in [-0.05, 0) is 26.3 Å². The smallest absolute Gasteiger partial charge is 0.311 e. The molecule has 1 aromatic rings. The van der Waals surface area contributed by atoms with Crippen LogP contribution in [0.25, 0.3) is 0 Å². The minimum Gasteiger partial charge on any atom is -0.481 e. The molecule has 2 rings (SSSR count). The molecule has 17 heavy (non-hydrogen) atoms. The molecule has 0 aliphatic carbocycles. The van der Waals surface area contributed by atoms with Crippen LogP contribution < -0.4 is 0 Å². The van der Waals surface area contributed by atoms with E-state index in [2.05, 4.69) is 0 Å². The number of carboxylic acids is 1. The molecule has 1 amide bonds. The summed E-state index contributed by atoms with van der Waals surface area (Å²) in [4.78, 5) is 24.7. The molecule has 2 heterocycles. The normalized spacial score (nSPS) is 24.0. The third-order valence-electron chi connectivity index (χ3n) is 3.33. The molecule has 1 aromatic heterocycles. The summed E-state index contributed by atoms with van der Waals surface area (Å²) in [5.74, 6) is -0.777. The summed E-state index contributed by atoms with van der Waals surface area (Å²) in [7, 11) is 0. The van der Waals surface area contributed by atoms with Gasteiger partial charge in [-0.2, -0.15) is 0 Å². The Morgan fingerprint density at radius 3 is 2.71 bits per heavy atom. The maximum atomic E-state index is 12.1. The predicted octanol–water partition coefficient (Wildman–Crippen LogP) is 1.52. The maximum absolute atomic E-state index is 12.1. The van der Waals surface area contributed by atoms with Crippen molar-refractivity contribution in [2.75, 3.05) is 13.1 Å². The Labute approximate surface area is 99.0 Å².